The van der Waals surface area contributed by atoms with Gasteiger partial charge in [-0.3, -0.25) is 0 Å². The Bertz CT molecular complexity index is 658. The minimum Gasteiger partial charge on any atom is -0.396 e. The van der Waals surface area contributed by atoms with Crippen LogP contribution in [0.1, 0.15) is 6.42 Å². The zero-order valence-electron chi connectivity index (χ0n) is 9.84. The molecule has 0 amide bonds. The largest absolute Gasteiger partial charge is 0.396 e. The first-order valence-corrected chi connectivity index (χ1v) is 8.37. The van der Waals surface area contributed by atoms with Crippen LogP contribution >= 0.6 is 0 Å². The summed E-state index contributed by atoms with van der Waals surface area (Å²) in [5.41, 5.74) is 4.98. The van der Waals surface area contributed by atoms with E-state index >= 15 is 0 Å². The van der Waals surface area contributed by atoms with Crippen LogP contribution < -0.4 is 15.6 Å². The Labute approximate surface area is 110 Å². The van der Waals surface area contributed by atoms with Crippen LogP contribution in [0.15, 0.2) is 23.1 Å². The van der Waals surface area contributed by atoms with Crippen LogP contribution in [-0.4, -0.2) is 29.1 Å². The van der Waals surface area contributed by atoms with Gasteiger partial charge in [-0.25, -0.2) is 31.1 Å². The average molecular weight is 311 g/mol. The van der Waals surface area contributed by atoms with E-state index in [1.54, 1.807) is 0 Å². The molecule has 10 heteroatoms. The smallest absolute Gasteiger partial charge is 0.240 e. The summed E-state index contributed by atoms with van der Waals surface area (Å²) in [6, 6.07) is 2.99. The fraction of sp³-hybridized carbons (Fsp3) is 0.333. The van der Waals surface area contributed by atoms with Gasteiger partial charge in [0.25, 0.3) is 0 Å². The van der Waals surface area contributed by atoms with E-state index in [1.807, 2.05) is 0 Å². The summed E-state index contributed by atoms with van der Waals surface area (Å²) >= 11 is 0. The van der Waals surface area contributed by atoms with Gasteiger partial charge in [0.05, 0.1) is 16.3 Å². The number of nitrogen functional groups attached to an aromatic ring is 1. The van der Waals surface area contributed by atoms with Gasteiger partial charge in [-0.2, -0.15) is 0 Å². The lowest BCUT2D eigenvalue weighted by molar-refractivity contribution is 0.576. The Morgan fingerprint density at radius 3 is 2.37 bits per heavy atom. The summed E-state index contributed by atoms with van der Waals surface area (Å²) in [4.78, 5) is -0.193. The molecule has 0 bridgehead atoms. The van der Waals surface area contributed by atoms with Crippen LogP contribution in [0.25, 0.3) is 0 Å². The van der Waals surface area contributed by atoms with E-state index in [-0.39, 0.29) is 29.3 Å². The van der Waals surface area contributed by atoms with Crippen LogP contribution in [0.3, 0.4) is 0 Å². The van der Waals surface area contributed by atoms with Crippen molar-refractivity contribution in [1.82, 2.24) is 4.72 Å². The Balaban J connectivity index is 2.68. The van der Waals surface area contributed by atoms with Crippen LogP contribution in [0.2, 0.25) is 0 Å². The van der Waals surface area contributed by atoms with Gasteiger partial charge in [-0.05, 0) is 24.6 Å². The van der Waals surface area contributed by atoms with E-state index in [1.165, 1.54) is 0 Å². The average Bonchev–Trinajstić information content (AvgIpc) is 2.27. The molecule has 1 rings (SSSR count). The SMILES string of the molecule is Nc1cc(S(=O)(=O)NCCCS(N)(=O)=O)ccc1F. The van der Waals surface area contributed by atoms with E-state index in [4.69, 9.17) is 10.9 Å². The molecular weight excluding hydrogens is 297 g/mol. The zero-order chi connectivity index (χ0) is 14.7. The maximum absolute atomic E-state index is 12.9. The first kappa shape index (κ1) is 15.8. The van der Waals surface area contributed by atoms with Crippen LogP contribution in [0, 0.1) is 5.82 Å². The highest BCUT2D eigenvalue weighted by Gasteiger charge is 2.15. The van der Waals surface area contributed by atoms with Gasteiger partial charge in [0.2, 0.25) is 20.0 Å². The molecule has 0 heterocycles. The van der Waals surface area contributed by atoms with E-state index in [0.29, 0.717) is 0 Å². The van der Waals surface area contributed by atoms with Crippen molar-refractivity contribution in [3.63, 3.8) is 0 Å². The summed E-state index contributed by atoms with van der Waals surface area (Å²) in [5, 5.41) is 4.77. The molecule has 7 nitrogen and oxygen atoms in total. The molecule has 5 N–H and O–H groups in total. The maximum atomic E-state index is 12.9. The molecule has 0 radical (unpaired) electrons. The second-order valence-electron chi connectivity index (χ2n) is 3.80. The number of halogens is 1. The molecule has 0 aromatic heterocycles. The number of nitrogens with two attached hydrogens (primary N) is 2. The normalized spacial score (nSPS) is 12.5. The molecule has 0 atom stereocenters. The lowest BCUT2D eigenvalue weighted by Crippen LogP contribution is -2.27. The monoisotopic (exact) mass is 311 g/mol. The maximum Gasteiger partial charge on any atom is 0.240 e. The number of hydrogen-bond acceptors (Lipinski definition) is 5. The van der Waals surface area contributed by atoms with Gasteiger partial charge in [-0.1, -0.05) is 0 Å². The Morgan fingerprint density at radius 2 is 1.84 bits per heavy atom. The summed E-state index contributed by atoms with van der Waals surface area (Å²) < 4.78 is 59.9. The lowest BCUT2D eigenvalue weighted by atomic mass is 10.3. The molecule has 0 saturated heterocycles. The van der Waals surface area contributed by atoms with Crippen molar-refractivity contribution in [2.24, 2.45) is 5.14 Å². The first-order valence-electron chi connectivity index (χ1n) is 5.17. The van der Waals surface area contributed by atoms with Crippen LogP contribution in [-0.2, 0) is 20.0 Å². The summed E-state index contributed by atoms with van der Waals surface area (Å²) in [7, 11) is -7.47. The second kappa shape index (κ2) is 5.82. The number of nitrogens with one attached hydrogen (secondary N) is 1. The highest BCUT2D eigenvalue weighted by atomic mass is 32.2. The van der Waals surface area contributed by atoms with Crippen molar-refractivity contribution in [1.29, 1.82) is 0 Å². The van der Waals surface area contributed by atoms with Crippen molar-refractivity contribution in [3.8, 4) is 0 Å². The minimum atomic E-state index is -3.85. The topological polar surface area (TPSA) is 132 Å². The number of sulfonamides is 2. The molecule has 0 unspecified atom stereocenters. The predicted molar refractivity (Wildman–Crippen MR) is 68.6 cm³/mol. The van der Waals surface area contributed by atoms with Crippen molar-refractivity contribution in [3.05, 3.63) is 24.0 Å². The summed E-state index contributed by atoms with van der Waals surface area (Å²) in [6.45, 7) is -0.101. The third-order valence-electron chi connectivity index (χ3n) is 2.18. The van der Waals surface area contributed by atoms with E-state index in [0.717, 1.165) is 18.2 Å². The molecule has 1 aromatic rings. The minimum absolute atomic E-state index is 0.0364. The third-order valence-corrected chi connectivity index (χ3v) is 4.49. The third kappa shape index (κ3) is 5.11. The van der Waals surface area contributed by atoms with Crippen molar-refractivity contribution in [2.75, 3.05) is 18.0 Å². The number of rotatable bonds is 6. The second-order valence-corrected chi connectivity index (χ2v) is 7.30. The van der Waals surface area contributed by atoms with Crippen molar-refractivity contribution >= 4 is 25.7 Å². The van der Waals surface area contributed by atoms with Gasteiger partial charge in [-0.15, -0.1) is 0 Å². The van der Waals surface area contributed by atoms with Gasteiger partial charge in [0, 0.05) is 6.54 Å². The van der Waals surface area contributed by atoms with Crippen molar-refractivity contribution < 1.29 is 21.2 Å². The van der Waals surface area contributed by atoms with E-state index in [2.05, 4.69) is 4.72 Å². The molecule has 0 saturated carbocycles. The molecule has 0 aliphatic rings. The zero-order valence-corrected chi connectivity index (χ0v) is 11.5. The molecule has 0 aliphatic heterocycles. The van der Waals surface area contributed by atoms with Gasteiger partial charge in [0.1, 0.15) is 5.82 Å². The lowest BCUT2D eigenvalue weighted by Gasteiger charge is -2.07. The predicted octanol–water partition coefficient (Wildman–Crippen LogP) is -0.635. The summed E-state index contributed by atoms with van der Waals surface area (Å²) in [6.07, 6.45) is 0.0364. The van der Waals surface area contributed by atoms with Crippen molar-refractivity contribution in [2.45, 2.75) is 11.3 Å². The molecule has 0 spiro atoms. The molecular formula is C9H14FN3O4S2. The van der Waals surface area contributed by atoms with E-state index in [9.17, 15) is 21.2 Å². The Kier molecular flexibility index (Phi) is 4.85. The quantitative estimate of drug-likeness (QED) is 0.475. The fourth-order valence-electron chi connectivity index (χ4n) is 1.25. The highest BCUT2D eigenvalue weighted by Crippen LogP contribution is 2.16. The van der Waals surface area contributed by atoms with Gasteiger partial charge in [0.15, 0.2) is 0 Å². The first-order chi connectivity index (χ1) is 8.62. The summed E-state index contributed by atoms with van der Waals surface area (Å²) in [5.74, 6) is -1.05. The number of anilines is 1. The molecule has 0 fully saturated rings. The molecule has 19 heavy (non-hydrogen) atoms. The number of primary sulfonamides is 1. The molecule has 108 valence electrons. The van der Waals surface area contributed by atoms with Gasteiger partial charge < -0.3 is 5.73 Å². The standard InChI is InChI=1S/C9H14FN3O4S2/c10-8-3-2-7(6-9(8)11)19(16,17)13-4-1-5-18(12,14)15/h2-3,6,13H,1,4-5,11H2,(H2,12,14,15). The number of hydrogen-bond donors (Lipinski definition) is 3. The fourth-order valence-corrected chi connectivity index (χ4v) is 2.91. The van der Waals surface area contributed by atoms with E-state index < -0.39 is 25.9 Å². The molecule has 1 aromatic carbocycles. The van der Waals surface area contributed by atoms with Crippen LogP contribution in [0.4, 0.5) is 10.1 Å². The number of benzene rings is 1. The Hall–Kier alpha value is -1.23. The molecule has 0 aliphatic carbocycles. The highest BCUT2D eigenvalue weighted by molar-refractivity contribution is 7.89. The van der Waals surface area contributed by atoms with Gasteiger partial charge >= 0.3 is 0 Å². The van der Waals surface area contributed by atoms with Crippen LogP contribution in [0.5, 0.6) is 0 Å². The Morgan fingerprint density at radius 1 is 1.21 bits per heavy atom.